The predicted molar refractivity (Wildman–Crippen MR) is 57.5 cm³/mol. The molecule has 0 N–H and O–H groups in total. The summed E-state index contributed by atoms with van der Waals surface area (Å²) in [5.74, 6) is 5.80. The third-order valence-electron chi connectivity index (χ3n) is 2.01. The minimum Gasteiger partial charge on any atom is -0.197 e. The maximum Gasteiger partial charge on any atom is 0.107 e. The second-order valence-electron chi connectivity index (χ2n) is 3.23. The Balaban J connectivity index is 2.78. The molecule has 0 spiro atoms. The molecular weight excluding hydrogens is 170 g/mol. The molecule has 1 rings (SSSR count). The van der Waals surface area contributed by atoms with E-state index in [1.807, 2.05) is 38.1 Å². The average Bonchev–Trinajstić information content (AvgIpc) is 2.22. The molecule has 0 fully saturated rings. The molecule has 0 bridgehead atoms. The predicted octanol–water partition coefficient (Wildman–Crippen LogP) is 2.90. The lowest BCUT2D eigenvalue weighted by molar-refractivity contribution is 0.814. The lowest BCUT2D eigenvalue weighted by Crippen LogP contribution is -1.88. The number of rotatable bonds is 1. The average molecular weight is 183 g/mol. The Morgan fingerprint density at radius 1 is 1.29 bits per heavy atom. The molecule has 1 nitrogen and oxygen atoms in total. The van der Waals surface area contributed by atoms with Crippen molar-refractivity contribution >= 4 is 0 Å². The van der Waals surface area contributed by atoms with Crippen LogP contribution < -0.4 is 0 Å². The van der Waals surface area contributed by atoms with Crippen molar-refractivity contribution in [3.8, 4) is 17.9 Å². The summed E-state index contributed by atoms with van der Waals surface area (Å²) in [4.78, 5) is 0. The molecule has 1 aromatic carbocycles. The van der Waals surface area contributed by atoms with Crippen molar-refractivity contribution < 1.29 is 0 Å². The highest BCUT2D eigenvalue weighted by Crippen LogP contribution is 2.03. The van der Waals surface area contributed by atoms with Crippen LogP contribution in [-0.2, 0) is 0 Å². The molecule has 0 heterocycles. The third-order valence-corrected chi connectivity index (χ3v) is 2.01. The van der Waals surface area contributed by atoms with Crippen molar-refractivity contribution in [3.05, 3.63) is 35.4 Å². The first kappa shape index (κ1) is 10.4. The molecule has 0 aliphatic heterocycles. The highest BCUT2D eigenvalue weighted by molar-refractivity contribution is 5.36. The Morgan fingerprint density at radius 3 is 2.43 bits per heavy atom. The van der Waals surface area contributed by atoms with E-state index >= 15 is 0 Å². The topological polar surface area (TPSA) is 23.8 Å². The zero-order chi connectivity index (χ0) is 10.4. The smallest absolute Gasteiger partial charge is 0.107 e. The fraction of sp³-hybridized carbons (Fsp3) is 0.308. The van der Waals surface area contributed by atoms with Crippen molar-refractivity contribution in [2.45, 2.75) is 20.3 Å². The lowest BCUT2D eigenvalue weighted by Gasteiger charge is -1.93. The Bertz CT molecular complexity index is 384. The van der Waals surface area contributed by atoms with Gasteiger partial charge in [0.1, 0.15) is 5.92 Å². The van der Waals surface area contributed by atoms with Gasteiger partial charge in [-0.15, -0.1) is 0 Å². The van der Waals surface area contributed by atoms with Crippen LogP contribution in [0.25, 0.3) is 0 Å². The Labute approximate surface area is 85.4 Å². The van der Waals surface area contributed by atoms with E-state index in [0.717, 1.165) is 12.0 Å². The van der Waals surface area contributed by atoms with E-state index in [1.165, 1.54) is 5.56 Å². The second kappa shape index (κ2) is 5.10. The maximum absolute atomic E-state index is 8.70. The van der Waals surface area contributed by atoms with E-state index in [4.69, 9.17) is 5.26 Å². The summed E-state index contributed by atoms with van der Waals surface area (Å²) in [7, 11) is 0. The molecule has 0 unspecified atom stereocenters. The number of hydrogen-bond donors (Lipinski definition) is 0. The van der Waals surface area contributed by atoms with Gasteiger partial charge in [0.05, 0.1) is 6.07 Å². The van der Waals surface area contributed by atoms with Crippen LogP contribution >= 0.6 is 0 Å². The molecule has 1 aromatic rings. The van der Waals surface area contributed by atoms with Crippen LogP contribution in [0.15, 0.2) is 24.3 Å². The van der Waals surface area contributed by atoms with Gasteiger partial charge in [0.15, 0.2) is 0 Å². The highest BCUT2D eigenvalue weighted by Gasteiger charge is 1.96. The molecule has 70 valence electrons. The molecular formula is C13H13N. The summed E-state index contributed by atoms with van der Waals surface area (Å²) in [6.07, 6.45) is 0.787. The fourth-order valence-corrected chi connectivity index (χ4v) is 1.03. The largest absolute Gasteiger partial charge is 0.197 e. The Hall–Kier alpha value is -1.73. The van der Waals surface area contributed by atoms with Gasteiger partial charge in [-0.3, -0.25) is 0 Å². The van der Waals surface area contributed by atoms with Crippen molar-refractivity contribution in [3.63, 3.8) is 0 Å². The molecule has 0 saturated heterocycles. The molecule has 1 heteroatoms. The van der Waals surface area contributed by atoms with Gasteiger partial charge in [-0.1, -0.05) is 36.5 Å². The maximum atomic E-state index is 8.70. The first-order chi connectivity index (χ1) is 6.76. The van der Waals surface area contributed by atoms with E-state index in [2.05, 4.69) is 17.9 Å². The van der Waals surface area contributed by atoms with Gasteiger partial charge in [0.2, 0.25) is 0 Å². The first-order valence-electron chi connectivity index (χ1n) is 4.74. The van der Waals surface area contributed by atoms with Gasteiger partial charge < -0.3 is 0 Å². The van der Waals surface area contributed by atoms with E-state index in [9.17, 15) is 0 Å². The molecule has 1 atom stereocenters. The van der Waals surface area contributed by atoms with Gasteiger partial charge >= 0.3 is 0 Å². The van der Waals surface area contributed by atoms with Crippen molar-refractivity contribution in [2.24, 2.45) is 5.92 Å². The van der Waals surface area contributed by atoms with Crippen LogP contribution in [0.5, 0.6) is 0 Å². The van der Waals surface area contributed by atoms with Gasteiger partial charge in [-0.25, -0.2) is 0 Å². The SMILES string of the molecule is CC[C@H](C#N)C#Cc1ccc(C)cc1. The number of nitriles is 1. The van der Waals surface area contributed by atoms with Gasteiger partial charge in [-0.05, 0) is 25.5 Å². The summed E-state index contributed by atoms with van der Waals surface area (Å²) in [5.41, 5.74) is 2.20. The molecule has 0 amide bonds. The summed E-state index contributed by atoms with van der Waals surface area (Å²) >= 11 is 0. The highest BCUT2D eigenvalue weighted by atomic mass is 14.2. The van der Waals surface area contributed by atoms with Crippen LogP contribution in [0.1, 0.15) is 24.5 Å². The number of hydrogen-bond acceptors (Lipinski definition) is 1. The summed E-state index contributed by atoms with van der Waals surface area (Å²) in [5, 5.41) is 8.70. The van der Waals surface area contributed by atoms with E-state index < -0.39 is 0 Å². The zero-order valence-electron chi connectivity index (χ0n) is 8.54. The van der Waals surface area contributed by atoms with Crippen LogP contribution in [0.2, 0.25) is 0 Å². The number of benzene rings is 1. The minimum atomic E-state index is -0.142. The minimum absolute atomic E-state index is 0.142. The third kappa shape index (κ3) is 2.96. The zero-order valence-corrected chi connectivity index (χ0v) is 8.54. The van der Waals surface area contributed by atoms with Crippen molar-refractivity contribution in [1.29, 1.82) is 5.26 Å². The van der Waals surface area contributed by atoms with Gasteiger partial charge in [-0.2, -0.15) is 5.26 Å². The summed E-state index contributed by atoms with van der Waals surface area (Å²) in [6, 6.07) is 10.2. The standard InChI is InChI=1S/C13H13N/c1-3-12(10-14)8-9-13-6-4-11(2)5-7-13/h4-7,12H,3H2,1-2H3/t12-/m0/s1. The normalized spacial score (nSPS) is 10.9. The van der Waals surface area contributed by atoms with Gasteiger partial charge in [0.25, 0.3) is 0 Å². The monoisotopic (exact) mass is 183 g/mol. The second-order valence-corrected chi connectivity index (χ2v) is 3.23. The quantitative estimate of drug-likeness (QED) is 0.614. The van der Waals surface area contributed by atoms with E-state index in [0.29, 0.717) is 0 Å². The lowest BCUT2D eigenvalue weighted by atomic mass is 10.1. The van der Waals surface area contributed by atoms with Crippen LogP contribution in [-0.4, -0.2) is 0 Å². The van der Waals surface area contributed by atoms with Gasteiger partial charge in [0, 0.05) is 5.56 Å². The van der Waals surface area contributed by atoms with Crippen molar-refractivity contribution in [2.75, 3.05) is 0 Å². The number of nitrogens with zero attached hydrogens (tertiary/aromatic N) is 1. The fourth-order valence-electron chi connectivity index (χ4n) is 1.03. The molecule has 0 radical (unpaired) electrons. The molecule has 0 aliphatic rings. The van der Waals surface area contributed by atoms with Crippen LogP contribution in [0, 0.1) is 36.0 Å². The summed E-state index contributed by atoms with van der Waals surface area (Å²) in [6.45, 7) is 4.01. The number of aryl methyl sites for hydroxylation is 1. The first-order valence-corrected chi connectivity index (χ1v) is 4.74. The molecule has 0 saturated carbocycles. The summed E-state index contributed by atoms with van der Waals surface area (Å²) < 4.78 is 0. The molecule has 0 aromatic heterocycles. The molecule has 14 heavy (non-hydrogen) atoms. The Morgan fingerprint density at radius 2 is 1.93 bits per heavy atom. The van der Waals surface area contributed by atoms with Crippen molar-refractivity contribution in [1.82, 2.24) is 0 Å². The molecule has 0 aliphatic carbocycles. The van der Waals surface area contributed by atoms with Crippen LogP contribution in [0.3, 0.4) is 0 Å². The van der Waals surface area contributed by atoms with Crippen LogP contribution in [0.4, 0.5) is 0 Å². The Kier molecular flexibility index (Phi) is 3.77. The van der Waals surface area contributed by atoms with E-state index in [1.54, 1.807) is 0 Å². The van der Waals surface area contributed by atoms with E-state index in [-0.39, 0.29) is 5.92 Å².